The molecule has 0 spiro atoms. The van der Waals surface area contributed by atoms with Crippen LogP contribution in [0.3, 0.4) is 0 Å². The lowest BCUT2D eigenvalue weighted by atomic mass is 10.3. The van der Waals surface area contributed by atoms with Crippen molar-refractivity contribution in [2.24, 2.45) is 0 Å². The minimum atomic E-state index is -3.63. The third-order valence-corrected chi connectivity index (χ3v) is 5.32. The lowest BCUT2D eigenvalue weighted by Gasteiger charge is -2.07. The van der Waals surface area contributed by atoms with Gasteiger partial charge in [-0.05, 0) is 24.3 Å². The molecule has 0 radical (unpaired) electrons. The van der Waals surface area contributed by atoms with E-state index in [1.54, 1.807) is 30.3 Å². The monoisotopic (exact) mass is 299 g/mol. The van der Waals surface area contributed by atoms with Gasteiger partial charge in [0.25, 0.3) is 10.0 Å². The summed E-state index contributed by atoms with van der Waals surface area (Å²) >= 11 is 1.04. The van der Waals surface area contributed by atoms with E-state index in [0.717, 1.165) is 11.3 Å². The van der Waals surface area contributed by atoms with E-state index >= 15 is 0 Å². The highest BCUT2D eigenvalue weighted by atomic mass is 32.2. The van der Waals surface area contributed by atoms with E-state index in [-0.39, 0.29) is 10.8 Å². The summed E-state index contributed by atoms with van der Waals surface area (Å²) in [4.78, 5) is 0.603. The maximum absolute atomic E-state index is 12.1. The summed E-state index contributed by atoms with van der Waals surface area (Å²) in [5.74, 6) is 0.572. The average molecular weight is 299 g/mol. The Morgan fingerprint density at radius 2 is 2.11 bits per heavy atom. The van der Waals surface area contributed by atoms with Gasteiger partial charge in [0.05, 0.1) is 19.4 Å². The zero-order valence-electron chi connectivity index (χ0n) is 10.2. The minimum Gasteiger partial charge on any atom is -0.497 e. The summed E-state index contributed by atoms with van der Waals surface area (Å²) in [6.45, 7) is -0.167. The number of ether oxygens (including phenoxy) is 1. The van der Waals surface area contributed by atoms with E-state index in [1.807, 2.05) is 0 Å². The van der Waals surface area contributed by atoms with Gasteiger partial charge in [-0.1, -0.05) is 6.07 Å². The van der Waals surface area contributed by atoms with Gasteiger partial charge in [0, 0.05) is 10.9 Å². The van der Waals surface area contributed by atoms with Crippen molar-refractivity contribution in [2.45, 2.75) is 10.8 Å². The number of benzene rings is 1. The molecule has 0 atom stereocenters. The molecule has 0 saturated carbocycles. The molecule has 2 rings (SSSR count). The molecule has 7 heteroatoms. The molecule has 2 N–H and O–H groups in total. The molecular formula is C12H13NO4S2. The van der Waals surface area contributed by atoms with Crippen molar-refractivity contribution >= 4 is 27.0 Å². The average Bonchev–Trinajstić information content (AvgIpc) is 2.88. The lowest BCUT2D eigenvalue weighted by molar-refractivity contribution is 0.285. The molecule has 0 aliphatic carbocycles. The van der Waals surface area contributed by atoms with Gasteiger partial charge in [0.15, 0.2) is 0 Å². The van der Waals surface area contributed by atoms with E-state index in [9.17, 15) is 8.42 Å². The first-order chi connectivity index (χ1) is 9.05. The standard InChI is InChI=1S/C12H13NO4S2/c1-17-10-4-2-3-9(7-10)13-19(15,16)12-6-5-11(8-14)18-12/h2-7,13-14H,8H2,1H3. The van der Waals surface area contributed by atoms with Gasteiger partial charge in [-0.3, -0.25) is 4.72 Å². The van der Waals surface area contributed by atoms with Gasteiger partial charge in [-0.25, -0.2) is 8.42 Å². The molecule has 0 bridgehead atoms. The highest BCUT2D eigenvalue weighted by Gasteiger charge is 2.17. The SMILES string of the molecule is COc1cccc(NS(=O)(=O)c2ccc(CO)s2)c1. The van der Waals surface area contributed by atoms with Gasteiger partial charge in [0.1, 0.15) is 9.96 Å². The van der Waals surface area contributed by atoms with Crippen LogP contribution in [0.25, 0.3) is 0 Å². The van der Waals surface area contributed by atoms with Crippen LogP contribution >= 0.6 is 11.3 Å². The maximum Gasteiger partial charge on any atom is 0.271 e. The molecule has 1 heterocycles. The zero-order valence-corrected chi connectivity index (χ0v) is 11.8. The fourth-order valence-corrected chi connectivity index (χ4v) is 3.74. The Morgan fingerprint density at radius 3 is 2.74 bits per heavy atom. The molecule has 2 aromatic rings. The number of aliphatic hydroxyl groups is 1. The Morgan fingerprint density at radius 1 is 1.32 bits per heavy atom. The second kappa shape index (κ2) is 5.60. The smallest absolute Gasteiger partial charge is 0.271 e. The predicted octanol–water partition coefficient (Wildman–Crippen LogP) is 2.05. The van der Waals surface area contributed by atoms with Crippen LogP contribution in [-0.4, -0.2) is 20.6 Å². The number of methoxy groups -OCH3 is 1. The Bertz CT molecular complexity index is 664. The minimum absolute atomic E-state index is 0.166. The largest absolute Gasteiger partial charge is 0.497 e. The van der Waals surface area contributed by atoms with E-state index in [1.165, 1.54) is 13.2 Å². The van der Waals surface area contributed by atoms with Crippen LogP contribution in [0.15, 0.2) is 40.6 Å². The molecule has 0 amide bonds. The molecule has 0 fully saturated rings. The van der Waals surface area contributed by atoms with Crippen molar-refractivity contribution in [3.63, 3.8) is 0 Å². The Hall–Kier alpha value is -1.57. The fraction of sp³-hybridized carbons (Fsp3) is 0.167. The van der Waals surface area contributed by atoms with Crippen LogP contribution in [0.2, 0.25) is 0 Å². The number of thiophene rings is 1. The van der Waals surface area contributed by atoms with Crippen LogP contribution in [0.1, 0.15) is 4.88 Å². The molecular weight excluding hydrogens is 286 g/mol. The number of rotatable bonds is 5. The quantitative estimate of drug-likeness (QED) is 0.886. The molecule has 0 aliphatic rings. The third kappa shape index (κ3) is 3.25. The number of hydrogen-bond acceptors (Lipinski definition) is 5. The van der Waals surface area contributed by atoms with E-state index in [4.69, 9.17) is 9.84 Å². The summed E-state index contributed by atoms with van der Waals surface area (Å²) in [6, 6.07) is 9.72. The fourth-order valence-electron chi connectivity index (χ4n) is 1.48. The number of sulfonamides is 1. The highest BCUT2D eigenvalue weighted by Crippen LogP contribution is 2.25. The Kier molecular flexibility index (Phi) is 4.08. The topological polar surface area (TPSA) is 75.6 Å². The summed E-state index contributed by atoms with van der Waals surface area (Å²) in [5, 5.41) is 8.95. The third-order valence-electron chi connectivity index (χ3n) is 2.38. The molecule has 19 heavy (non-hydrogen) atoms. The summed E-state index contributed by atoms with van der Waals surface area (Å²) in [5.41, 5.74) is 0.429. The van der Waals surface area contributed by atoms with E-state index in [0.29, 0.717) is 16.3 Å². The van der Waals surface area contributed by atoms with Gasteiger partial charge in [-0.15, -0.1) is 11.3 Å². The number of hydrogen-bond donors (Lipinski definition) is 2. The van der Waals surface area contributed by atoms with Gasteiger partial charge in [0.2, 0.25) is 0 Å². The van der Waals surface area contributed by atoms with Crippen molar-refractivity contribution < 1.29 is 18.3 Å². The first-order valence-corrected chi connectivity index (χ1v) is 7.71. The van der Waals surface area contributed by atoms with Crippen molar-refractivity contribution in [3.8, 4) is 5.75 Å². The molecule has 1 aromatic heterocycles. The van der Waals surface area contributed by atoms with E-state index < -0.39 is 10.0 Å². The first-order valence-electron chi connectivity index (χ1n) is 5.41. The Balaban J connectivity index is 2.25. The van der Waals surface area contributed by atoms with Crippen LogP contribution in [-0.2, 0) is 16.6 Å². The molecule has 5 nitrogen and oxygen atoms in total. The van der Waals surface area contributed by atoms with Crippen molar-refractivity contribution in [1.29, 1.82) is 0 Å². The molecule has 0 unspecified atom stereocenters. The second-order valence-electron chi connectivity index (χ2n) is 3.72. The summed E-state index contributed by atoms with van der Waals surface area (Å²) in [7, 11) is -2.11. The molecule has 102 valence electrons. The van der Waals surface area contributed by atoms with Crippen LogP contribution in [0, 0.1) is 0 Å². The molecule has 1 aromatic carbocycles. The van der Waals surface area contributed by atoms with Crippen molar-refractivity contribution in [1.82, 2.24) is 0 Å². The zero-order chi connectivity index (χ0) is 13.9. The van der Waals surface area contributed by atoms with Crippen LogP contribution < -0.4 is 9.46 Å². The van der Waals surface area contributed by atoms with Gasteiger partial charge in [-0.2, -0.15) is 0 Å². The van der Waals surface area contributed by atoms with Crippen LogP contribution in [0.4, 0.5) is 5.69 Å². The summed E-state index contributed by atoms with van der Waals surface area (Å²) in [6.07, 6.45) is 0. The summed E-state index contributed by atoms with van der Waals surface area (Å²) < 4.78 is 31.9. The number of aliphatic hydroxyl groups excluding tert-OH is 1. The second-order valence-corrected chi connectivity index (χ2v) is 6.79. The number of nitrogens with one attached hydrogen (secondary N) is 1. The van der Waals surface area contributed by atoms with Crippen LogP contribution in [0.5, 0.6) is 5.75 Å². The Labute approximate surface area is 115 Å². The van der Waals surface area contributed by atoms with Gasteiger partial charge < -0.3 is 9.84 Å². The maximum atomic E-state index is 12.1. The van der Waals surface area contributed by atoms with Crippen molar-refractivity contribution in [3.05, 3.63) is 41.3 Å². The van der Waals surface area contributed by atoms with Gasteiger partial charge >= 0.3 is 0 Å². The molecule has 0 aliphatic heterocycles. The van der Waals surface area contributed by atoms with E-state index in [2.05, 4.69) is 4.72 Å². The molecule has 0 saturated heterocycles. The highest BCUT2D eigenvalue weighted by molar-refractivity contribution is 7.94. The number of anilines is 1. The first kappa shape index (κ1) is 13.9. The normalized spacial score (nSPS) is 11.3. The lowest BCUT2D eigenvalue weighted by Crippen LogP contribution is -2.11. The predicted molar refractivity (Wildman–Crippen MR) is 74.0 cm³/mol. The van der Waals surface area contributed by atoms with Crippen molar-refractivity contribution in [2.75, 3.05) is 11.8 Å².